The Morgan fingerprint density at radius 1 is 1.30 bits per heavy atom. The molecule has 0 saturated heterocycles. The topological polar surface area (TPSA) is 50.1 Å². The second-order valence-corrected chi connectivity index (χ2v) is 5.91. The Kier molecular flexibility index (Phi) is 5.34. The normalized spacial score (nSPS) is 15.8. The molecule has 3 atom stereocenters. The Morgan fingerprint density at radius 3 is 2.60 bits per heavy atom. The first kappa shape index (κ1) is 15.2. The number of aliphatic hydroxyl groups excluding tert-OH is 1. The molecule has 2 aromatic rings. The number of hydrogen-bond acceptors (Lipinski definition) is 3. The van der Waals surface area contributed by atoms with Gasteiger partial charge in [0.15, 0.2) is 0 Å². The van der Waals surface area contributed by atoms with Crippen LogP contribution in [-0.4, -0.2) is 27.5 Å². The average Bonchev–Trinajstić information content (AvgIpc) is 2.98. The third kappa shape index (κ3) is 3.91. The van der Waals surface area contributed by atoms with E-state index in [-0.39, 0.29) is 12.1 Å². The zero-order valence-corrected chi connectivity index (χ0v) is 13.3. The molecule has 2 N–H and O–H groups in total. The number of aliphatic hydroxyl groups is 1. The van der Waals surface area contributed by atoms with Crippen LogP contribution in [0.15, 0.2) is 47.2 Å². The molecule has 4 nitrogen and oxygen atoms in total. The van der Waals surface area contributed by atoms with Gasteiger partial charge in [-0.2, -0.15) is 5.10 Å². The van der Waals surface area contributed by atoms with E-state index in [0.29, 0.717) is 6.54 Å². The minimum atomic E-state index is -0.504. The molecule has 1 heterocycles. The molecule has 2 rings (SSSR count). The summed E-state index contributed by atoms with van der Waals surface area (Å²) in [6, 6.07) is 10.1. The number of hydrogen-bond donors (Lipinski definition) is 2. The molecule has 1 aromatic heterocycles. The van der Waals surface area contributed by atoms with Crippen LogP contribution in [0.4, 0.5) is 0 Å². The molecule has 0 spiro atoms. The minimum absolute atomic E-state index is 0.222. The first-order valence-electron chi connectivity index (χ1n) is 6.74. The lowest BCUT2D eigenvalue weighted by Gasteiger charge is -2.23. The lowest BCUT2D eigenvalue weighted by atomic mass is 10.1. The highest BCUT2D eigenvalue weighted by Crippen LogP contribution is 2.17. The van der Waals surface area contributed by atoms with Gasteiger partial charge in [0.05, 0.1) is 12.1 Å². The summed E-state index contributed by atoms with van der Waals surface area (Å²) in [5, 5.41) is 17.8. The van der Waals surface area contributed by atoms with E-state index in [1.807, 2.05) is 41.2 Å². The summed E-state index contributed by atoms with van der Waals surface area (Å²) in [4.78, 5) is 0. The summed E-state index contributed by atoms with van der Waals surface area (Å²) in [7, 11) is 0. The zero-order chi connectivity index (χ0) is 14.5. The Morgan fingerprint density at radius 2 is 2.00 bits per heavy atom. The van der Waals surface area contributed by atoms with E-state index in [1.54, 1.807) is 6.20 Å². The van der Waals surface area contributed by atoms with Crippen molar-refractivity contribution in [3.05, 3.63) is 52.8 Å². The number of halogens is 1. The minimum Gasteiger partial charge on any atom is -0.387 e. The van der Waals surface area contributed by atoms with Crippen LogP contribution in [0, 0.1) is 0 Å². The van der Waals surface area contributed by atoms with Crippen LogP contribution in [0.1, 0.15) is 31.6 Å². The molecule has 108 valence electrons. The molecule has 20 heavy (non-hydrogen) atoms. The fourth-order valence-electron chi connectivity index (χ4n) is 2.02. The maximum atomic E-state index is 10.2. The van der Waals surface area contributed by atoms with Crippen LogP contribution in [-0.2, 0) is 0 Å². The molecule has 0 amide bonds. The van der Waals surface area contributed by atoms with E-state index in [4.69, 9.17) is 0 Å². The van der Waals surface area contributed by atoms with Gasteiger partial charge in [0.2, 0.25) is 0 Å². The molecule has 0 saturated carbocycles. The van der Waals surface area contributed by atoms with Crippen LogP contribution in [0.3, 0.4) is 0 Å². The number of aromatic nitrogens is 2. The monoisotopic (exact) mass is 337 g/mol. The van der Waals surface area contributed by atoms with Crippen molar-refractivity contribution in [2.45, 2.75) is 32.0 Å². The van der Waals surface area contributed by atoms with E-state index in [9.17, 15) is 5.11 Å². The molecular weight excluding hydrogens is 318 g/mol. The van der Waals surface area contributed by atoms with Gasteiger partial charge in [0, 0.05) is 29.5 Å². The maximum absolute atomic E-state index is 10.2. The van der Waals surface area contributed by atoms with Gasteiger partial charge in [-0.3, -0.25) is 4.68 Å². The predicted molar refractivity (Wildman–Crippen MR) is 83.5 cm³/mol. The smallest absolute Gasteiger partial charge is 0.0914 e. The molecule has 0 radical (unpaired) electrons. The van der Waals surface area contributed by atoms with E-state index in [0.717, 1.165) is 10.0 Å². The van der Waals surface area contributed by atoms with Gasteiger partial charge < -0.3 is 10.4 Å². The van der Waals surface area contributed by atoms with Crippen molar-refractivity contribution in [1.82, 2.24) is 15.1 Å². The molecule has 0 aliphatic carbocycles. The summed E-state index contributed by atoms with van der Waals surface area (Å²) in [5.41, 5.74) is 0.916. The van der Waals surface area contributed by atoms with Gasteiger partial charge in [0.25, 0.3) is 0 Å². The number of nitrogens with one attached hydrogen (secondary N) is 1. The van der Waals surface area contributed by atoms with Gasteiger partial charge in [-0.15, -0.1) is 0 Å². The van der Waals surface area contributed by atoms with Gasteiger partial charge in [-0.25, -0.2) is 0 Å². The Hall–Kier alpha value is -1.17. The Bertz CT molecular complexity index is 512. The molecule has 0 bridgehead atoms. The molecule has 0 aliphatic rings. The van der Waals surface area contributed by atoms with Crippen molar-refractivity contribution >= 4 is 15.9 Å². The van der Waals surface area contributed by atoms with Crippen molar-refractivity contribution in [1.29, 1.82) is 0 Å². The third-order valence-corrected chi connectivity index (χ3v) is 4.08. The first-order chi connectivity index (χ1) is 9.58. The summed E-state index contributed by atoms with van der Waals surface area (Å²) in [5.74, 6) is 0. The van der Waals surface area contributed by atoms with Crippen LogP contribution >= 0.6 is 15.9 Å². The van der Waals surface area contributed by atoms with Gasteiger partial charge in [0.1, 0.15) is 0 Å². The van der Waals surface area contributed by atoms with Gasteiger partial charge >= 0.3 is 0 Å². The van der Waals surface area contributed by atoms with Gasteiger partial charge in [-0.1, -0.05) is 28.1 Å². The van der Waals surface area contributed by atoms with Crippen LogP contribution in [0.25, 0.3) is 0 Å². The summed E-state index contributed by atoms with van der Waals surface area (Å²) in [6.45, 7) is 4.73. The van der Waals surface area contributed by atoms with E-state index in [2.05, 4.69) is 40.2 Å². The van der Waals surface area contributed by atoms with Crippen LogP contribution in [0.2, 0.25) is 0 Å². The molecular formula is C15H20BrN3O. The lowest BCUT2D eigenvalue weighted by molar-refractivity contribution is 0.166. The molecule has 0 fully saturated rings. The third-order valence-electron chi connectivity index (χ3n) is 3.55. The standard InChI is InChI=1S/C15H20BrN3O/c1-11(12(2)19-9-3-8-18-19)17-10-15(20)13-4-6-14(16)7-5-13/h3-9,11-12,15,17,20H,10H2,1-2H3/t11-,12-,15-/m0/s1. The van der Waals surface area contributed by atoms with Crippen molar-refractivity contribution < 1.29 is 5.11 Å². The number of nitrogens with zero attached hydrogens (tertiary/aromatic N) is 2. The summed E-state index contributed by atoms with van der Waals surface area (Å²) < 4.78 is 2.94. The summed E-state index contributed by atoms with van der Waals surface area (Å²) >= 11 is 3.39. The van der Waals surface area contributed by atoms with Crippen molar-refractivity contribution in [3.63, 3.8) is 0 Å². The second-order valence-electron chi connectivity index (χ2n) is 4.99. The molecule has 5 heteroatoms. The first-order valence-corrected chi connectivity index (χ1v) is 7.53. The number of rotatable bonds is 6. The summed E-state index contributed by atoms with van der Waals surface area (Å²) in [6.07, 6.45) is 3.23. The van der Waals surface area contributed by atoms with Crippen molar-refractivity contribution in [3.8, 4) is 0 Å². The fourth-order valence-corrected chi connectivity index (χ4v) is 2.29. The molecule has 1 aromatic carbocycles. The lowest BCUT2D eigenvalue weighted by Crippen LogP contribution is -2.36. The van der Waals surface area contributed by atoms with Crippen LogP contribution < -0.4 is 5.32 Å². The highest BCUT2D eigenvalue weighted by atomic mass is 79.9. The molecule has 0 aliphatic heterocycles. The van der Waals surface area contributed by atoms with Crippen LogP contribution in [0.5, 0.6) is 0 Å². The van der Waals surface area contributed by atoms with E-state index >= 15 is 0 Å². The SMILES string of the molecule is C[C@H](NC[C@H](O)c1ccc(Br)cc1)[C@H](C)n1cccn1. The van der Waals surface area contributed by atoms with E-state index in [1.165, 1.54) is 0 Å². The Balaban J connectivity index is 1.86. The highest BCUT2D eigenvalue weighted by Gasteiger charge is 2.15. The van der Waals surface area contributed by atoms with Crippen molar-refractivity contribution in [2.24, 2.45) is 0 Å². The van der Waals surface area contributed by atoms with Crippen molar-refractivity contribution in [2.75, 3.05) is 6.54 Å². The Labute approximate surface area is 127 Å². The van der Waals surface area contributed by atoms with E-state index < -0.39 is 6.10 Å². The second kappa shape index (κ2) is 7.02. The zero-order valence-electron chi connectivity index (χ0n) is 11.7. The van der Waals surface area contributed by atoms with Gasteiger partial charge in [-0.05, 0) is 37.6 Å². The number of benzene rings is 1. The maximum Gasteiger partial charge on any atom is 0.0914 e. The molecule has 0 unspecified atom stereocenters. The quantitative estimate of drug-likeness (QED) is 0.852. The highest BCUT2D eigenvalue weighted by molar-refractivity contribution is 9.10. The predicted octanol–water partition coefficient (Wildman–Crippen LogP) is 2.92. The largest absolute Gasteiger partial charge is 0.387 e. The fraction of sp³-hybridized carbons (Fsp3) is 0.400. The average molecular weight is 338 g/mol.